The van der Waals surface area contributed by atoms with Crippen LogP contribution in [-0.2, 0) is 4.79 Å². The van der Waals surface area contributed by atoms with Gasteiger partial charge in [-0.1, -0.05) is 23.7 Å². The van der Waals surface area contributed by atoms with Gasteiger partial charge in [-0.3, -0.25) is 4.79 Å². The Labute approximate surface area is 188 Å². The van der Waals surface area contributed by atoms with Gasteiger partial charge in [0.1, 0.15) is 11.6 Å². The molecule has 0 unspecified atom stereocenters. The van der Waals surface area contributed by atoms with Crippen LogP contribution >= 0.6 is 11.6 Å². The molecule has 0 atom stereocenters. The fourth-order valence-electron chi connectivity index (χ4n) is 4.47. The number of benzene rings is 2. The third-order valence-corrected chi connectivity index (χ3v) is 6.63. The topological polar surface area (TPSA) is 49.3 Å². The molecular formula is C25H27ClN4O. The third kappa shape index (κ3) is 4.38. The van der Waals surface area contributed by atoms with E-state index < -0.39 is 0 Å². The normalized spacial score (nSPS) is 17.2. The zero-order valence-electron chi connectivity index (χ0n) is 17.8. The molecule has 1 amide bonds. The SMILES string of the molecule is Cc1nc(N2CCC(C(=O)N(CC3CC3)c3ccc(Cl)cc3)CC2)c2ccccc2n1. The van der Waals surface area contributed by atoms with Crippen LogP contribution in [0, 0.1) is 18.8 Å². The van der Waals surface area contributed by atoms with E-state index in [2.05, 4.69) is 16.0 Å². The molecule has 0 bridgehead atoms. The maximum atomic E-state index is 13.5. The number of carbonyl (C=O) groups excluding carboxylic acids is 1. The average Bonchev–Trinajstić information content (AvgIpc) is 3.61. The van der Waals surface area contributed by atoms with Gasteiger partial charge in [-0.05, 0) is 74.9 Å². The first-order valence-electron chi connectivity index (χ1n) is 11.1. The molecule has 2 heterocycles. The quantitative estimate of drug-likeness (QED) is 0.550. The Morgan fingerprint density at radius 1 is 1.03 bits per heavy atom. The van der Waals surface area contributed by atoms with E-state index in [0.29, 0.717) is 10.9 Å². The van der Waals surface area contributed by atoms with E-state index in [4.69, 9.17) is 16.6 Å². The molecule has 2 aliphatic rings. The van der Waals surface area contributed by atoms with Crippen LogP contribution in [0.25, 0.3) is 10.9 Å². The Hall–Kier alpha value is -2.66. The first kappa shape index (κ1) is 20.3. The number of aryl methyl sites for hydroxylation is 1. The Morgan fingerprint density at radius 3 is 2.45 bits per heavy atom. The monoisotopic (exact) mass is 434 g/mol. The molecule has 6 heteroatoms. The van der Waals surface area contributed by atoms with Crippen molar-refractivity contribution < 1.29 is 4.79 Å². The van der Waals surface area contributed by atoms with Gasteiger partial charge in [0.05, 0.1) is 5.52 Å². The lowest BCUT2D eigenvalue weighted by atomic mass is 9.94. The predicted molar refractivity (Wildman–Crippen MR) is 126 cm³/mol. The summed E-state index contributed by atoms with van der Waals surface area (Å²) in [5.74, 6) is 2.69. The van der Waals surface area contributed by atoms with Gasteiger partial charge < -0.3 is 9.80 Å². The minimum atomic E-state index is 0.0416. The van der Waals surface area contributed by atoms with Crippen LogP contribution in [0.1, 0.15) is 31.5 Å². The van der Waals surface area contributed by atoms with Crippen molar-refractivity contribution in [2.24, 2.45) is 11.8 Å². The summed E-state index contributed by atoms with van der Waals surface area (Å²) in [5.41, 5.74) is 1.93. The Morgan fingerprint density at radius 2 is 1.74 bits per heavy atom. The molecule has 160 valence electrons. The van der Waals surface area contributed by atoms with Gasteiger partial charge in [-0.25, -0.2) is 9.97 Å². The maximum absolute atomic E-state index is 13.5. The molecule has 0 N–H and O–H groups in total. The molecule has 1 saturated heterocycles. The molecule has 1 aliphatic carbocycles. The van der Waals surface area contributed by atoms with Crippen molar-refractivity contribution in [2.45, 2.75) is 32.6 Å². The van der Waals surface area contributed by atoms with Gasteiger partial charge in [0.15, 0.2) is 0 Å². The number of hydrogen-bond donors (Lipinski definition) is 0. The number of fused-ring (bicyclic) bond motifs is 1. The summed E-state index contributed by atoms with van der Waals surface area (Å²) in [5, 5.41) is 1.78. The van der Waals surface area contributed by atoms with E-state index in [-0.39, 0.29) is 11.8 Å². The fraction of sp³-hybridized carbons (Fsp3) is 0.400. The lowest BCUT2D eigenvalue weighted by Crippen LogP contribution is -2.43. The number of para-hydroxylation sites is 1. The average molecular weight is 435 g/mol. The molecule has 5 rings (SSSR count). The lowest BCUT2D eigenvalue weighted by Gasteiger charge is -2.35. The van der Waals surface area contributed by atoms with Gasteiger partial charge in [0.25, 0.3) is 0 Å². The van der Waals surface area contributed by atoms with Gasteiger partial charge in [-0.2, -0.15) is 0 Å². The summed E-state index contributed by atoms with van der Waals surface area (Å²) in [6, 6.07) is 15.8. The zero-order chi connectivity index (χ0) is 21.4. The highest BCUT2D eigenvalue weighted by Gasteiger charge is 2.33. The Balaban J connectivity index is 1.32. The zero-order valence-corrected chi connectivity index (χ0v) is 18.6. The molecule has 31 heavy (non-hydrogen) atoms. The van der Waals surface area contributed by atoms with Crippen molar-refractivity contribution in [3.05, 3.63) is 59.4 Å². The van der Waals surface area contributed by atoms with Crippen LogP contribution in [-0.4, -0.2) is 35.5 Å². The highest BCUT2D eigenvalue weighted by atomic mass is 35.5. The second-order valence-corrected chi connectivity index (χ2v) is 9.18. The molecule has 2 aromatic carbocycles. The lowest BCUT2D eigenvalue weighted by molar-refractivity contribution is -0.123. The van der Waals surface area contributed by atoms with Crippen molar-refractivity contribution in [2.75, 3.05) is 29.4 Å². The molecule has 1 aliphatic heterocycles. The maximum Gasteiger partial charge on any atom is 0.230 e. The van der Waals surface area contributed by atoms with Crippen LogP contribution in [0.5, 0.6) is 0 Å². The molecule has 2 fully saturated rings. The number of halogens is 1. The van der Waals surface area contributed by atoms with Gasteiger partial charge in [0, 0.05) is 41.6 Å². The van der Waals surface area contributed by atoms with Gasteiger partial charge in [0.2, 0.25) is 5.91 Å². The highest BCUT2D eigenvalue weighted by Crippen LogP contribution is 2.34. The molecule has 0 spiro atoms. The number of nitrogens with zero attached hydrogens (tertiary/aromatic N) is 4. The third-order valence-electron chi connectivity index (χ3n) is 6.38. The molecule has 1 aromatic heterocycles. The first-order chi connectivity index (χ1) is 15.1. The van der Waals surface area contributed by atoms with E-state index in [0.717, 1.165) is 60.7 Å². The Kier molecular flexibility index (Phi) is 5.53. The summed E-state index contributed by atoms with van der Waals surface area (Å²) in [4.78, 5) is 27.1. The smallest absolute Gasteiger partial charge is 0.230 e. The van der Waals surface area contributed by atoms with Crippen LogP contribution in [0.2, 0.25) is 5.02 Å². The largest absolute Gasteiger partial charge is 0.356 e. The standard InChI is InChI=1S/C25H27ClN4O/c1-17-27-23-5-3-2-4-22(23)24(28-17)29-14-12-19(13-15-29)25(31)30(16-18-6-7-18)21-10-8-20(26)9-11-21/h2-5,8-11,18-19H,6-7,12-16H2,1H3. The number of aromatic nitrogens is 2. The number of hydrogen-bond acceptors (Lipinski definition) is 4. The van der Waals surface area contributed by atoms with Crippen LogP contribution < -0.4 is 9.80 Å². The minimum absolute atomic E-state index is 0.0416. The predicted octanol–water partition coefficient (Wildman–Crippen LogP) is 5.25. The summed E-state index contributed by atoms with van der Waals surface area (Å²) in [6.45, 7) is 4.41. The van der Waals surface area contributed by atoms with Crippen molar-refractivity contribution in [3.63, 3.8) is 0 Å². The summed E-state index contributed by atoms with van der Waals surface area (Å²) in [7, 11) is 0. The minimum Gasteiger partial charge on any atom is -0.356 e. The van der Waals surface area contributed by atoms with E-state index >= 15 is 0 Å². The van der Waals surface area contributed by atoms with Crippen molar-refractivity contribution in [3.8, 4) is 0 Å². The summed E-state index contributed by atoms with van der Waals surface area (Å²) < 4.78 is 0. The number of amides is 1. The summed E-state index contributed by atoms with van der Waals surface area (Å²) in [6.07, 6.45) is 4.11. The van der Waals surface area contributed by atoms with Gasteiger partial charge in [-0.15, -0.1) is 0 Å². The van der Waals surface area contributed by atoms with Crippen molar-refractivity contribution in [1.82, 2.24) is 9.97 Å². The van der Waals surface area contributed by atoms with Crippen LogP contribution in [0.4, 0.5) is 11.5 Å². The number of piperidine rings is 1. The molecule has 5 nitrogen and oxygen atoms in total. The van der Waals surface area contributed by atoms with Crippen molar-refractivity contribution in [1.29, 1.82) is 0 Å². The van der Waals surface area contributed by atoms with Crippen molar-refractivity contribution >= 4 is 39.9 Å². The number of rotatable bonds is 5. The van der Waals surface area contributed by atoms with E-state index in [1.54, 1.807) is 0 Å². The molecule has 0 radical (unpaired) electrons. The molecule has 3 aromatic rings. The van der Waals surface area contributed by atoms with E-state index in [1.165, 1.54) is 12.8 Å². The number of carbonyl (C=O) groups is 1. The Bertz CT molecular complexity index is 1090. The van der Waals surface area contributed by atoms with E-state index in [1.807, 2.05) is 54.3 Å². The molecule has 1 saturated carbocycles. The van der Waals surface area contributed by atoms with Crippen LogP contribution in [0.3, 0.4) is 0 Å². The fourth-order valence-corrected chi connectivity index (χ4v) is 4.60. The first-order valence-corrected chi connectivity index (χ1v) is 11.5. The van der Waals surface area contributed by atoms with Crippen LogP contribution in [0.15, 0.2) is 48.5 Å². The van der Waals surface area contributed by atoms with Gasteiger partial charge >= 0.3 is 0 Å². The second kappa shape index (κ2) is 8.46. The summed E-state index contributed by atoms with van der Waals surface area (Å²) >= 11 is 6.07. The highest BCUT2D eigenvalue weighted by molar-refractivity contribution is 6.30. The second-order valence-electron chi connectivity index (χ2n) is 8.74. The van der Waals surface area contributed by atoms with E-state index in [9.17, 15) is 4.79 Å². The number of anilines is 2. The molecular weight excluding hydrogens is 408 g/mol.